The van der Waals surface area contributed by atoms with E-state index in [1.165, 1.54) is 5.56 Å². The van der Waals surface area contributed by atoms with E-state index in [0.717, 1.165) is 30.8 Å². The summed E-state index contributed by atoms with van der Waals surface area (Å²) in [4.78, 5) is 4.26. The van der Waals surface area contributed by atoms with Gasteiger partial charge in [-0.15, -0.1) is 0 Å². The maximum atomic E-state index is 5.82. The molecule has 0 saturated heterocycles. The Kier molecular flexibility index (Phi) is 6.19. The van der Waals surface area contributed by atoms with Crippen molar-refractivity contribution in [3.05, 3.63) is 53.7 Å². The molecule has 0 saturated carbocycles. The Morgan fingerprint density at radius 2 is 2.05 bits per heavy atom. The number of methoxy groups -OCH3 is 1. The summed E-state index contributed by atoms with van der Waals surface area (Å²) in [7, 11) is 1.68. The van der Waals surface area contributed by atoms with Crippen LogP contribution in [0.4, 0.5) is 0 Å². The average Bonchev–Trinajstić information content (AvgIpc) is 2.49. The molecule has 0 atom stereocenters. The van der Waals surface area contributed by atoms with Gasteiger partial charge in [-0.1, -0.05) is 19.1 Å². The minimum atomic E-state index is 0.575. The highest BCUT2D eigenvalue weighted by Crippen LogP contribution is 2.21. The highest BCUT2D eigenvalue weighted by atomic mass is 16.5. The fourth-order valence-electron chi connectivity index (χ4n) is 2.01. The van der Waals surface area contributed by atoms with Crippen molar-refractivity contribution in [1.82, 2.24) is 10.3 Å². The lowest BCUT2D eigenvalue weighted by Gasteiger charge is -2.08. The van der Waals surface area contributed by atoms with Crippen LogP contribution in [0.5, 0.6) is 11.6 Å². The van der Waals surface area contributed by atoms with E-state index in [2.05, 4.69) is 17.2 Å². The molecular formula is C17H22N2O2. The van der Waals surface area contributed by atoms with Gasteiger partial charge in [0.25, 0.3) is 0 Å². The van der Waals surface area contributed by atoms with E-state index in [-0.39, 0.29) is 0 Å². The summed E-state index contributed by atoms with van der Waals surface area (Å²) >= 11 is 0. The molecule has 4 heteroatoms. The summed E-state index contributed by atoms with van der Waals surface area (Å²) in [5.41, 5.74) is 2.25. The van der Waals surface area contributed by atoms with Gasteiger partial charge < -0.3 is 14.8 Å². The van der Waals surface area contributed by atoms with Crippen LogP contribution in [0.15, 0.2) is 42.6 Å². The van der Waals surface area contributed by atoms with Gasteiger partial charge in [0, 0.05) is 25.9 Å². The van der Waals surface area contributed by atoms with Crippen LogP contribution in [0.1, 0.15) is 24.5 Å². The molecule has 0 amide bonds. The number of pyridine rings is 1. The molecule has 0 bridgehead atoms. The molecule has 112 valence electrons. The van der Waals surface area contributed by atoms with Gasteiger partial charge >= 0.3 is 0 Å². The van der Waals surface area contributed by atoms with Gasteiger partial charge in [0.2, 0.25) is 5.88 Å². The molecule has 1 heterocycles. The van der Waals surface area contributed by atoms with Crippen molar-refractivity contribution in [2.24, 2.45) is 0 Å². The largest absolute Gasteiger partial charge is 0.439 e. The van der Waals surface area contributed by atoms with Crippen LogP contribution in [0, 0.1) is 0 Å². The van der Waals surface area contributed by atoms with Crippen molar-refractivity contribution >= 4 is 0 Å². The van der Waals surface area contributed by atoms with Crippen LogP contribution < -0.4 is 10.1 Å². The first kappa shape index (κ1) is 15.5. The van der Waals surface area contributed by atoms with Crippen molar-refractivity contribution in [3.8, 4) is 11.6 Å². The Balaban J connectivity index is 2.01. The molecule has 1 N–H and O–H groups in total. The number of nitrogens with one attached hydrogen (secondary N) is 1. The first-order chi connectivity index (χ1) is 10.3. The molecule has 21 heavy (non-hydrogen) atoms. The van der Waals surface area contributed by atoms with E-state index < -0.39 is 0 Å². The summed E-state index contributed by atoms with van der Waals surface area (Å²) < 4.78 is 10.9. The SMILES string of the molecule is CCCNCc1ccnc(Oc2cccc(COC)c2)c1. The number of ether oxygens (including phenoxy) is 2. The van der Waals surface area contributed by atoms with Crippen LogP contribution in [-0.4, -0.2) is 18.6 Å². The minimum absolute atomic E-state index is 0.575. The molecule has 0 spiro atoms. The van der Waals surface area contributed by atoms with Crippen LogP contribution in [0.2, 0.25) is 0 Å². The Morgan fingerprint density at radius 3 is 2.86 bits per heavy atom. The lowest BCUT2D eigenvalue weighted by Crippen LogP contribution is -2.13. The fraction of sp³-hybridized carbons (Fsp3) is 0.353. The van der Waals surface area contributed by atoms with E-state index in [1.54, 1.807) is 13.3 Å². The van der Waals surface area contributed by atoms with E-state index in [4.69, 9.17) is 9.47 Å². The van der Waals surface area contributed by atoms with Crippen molar-refractivity contribution in [1.29, 1.82) is 0 Å². The van der Waals surface area contributed by atoms with Gasteiger partial charge in [-0.2, -0.15) is 0 Å². The predicted molar refractivity (Wildman–Crippen MR) is 83.5 cm³/mol. The maximum Gasteiger partial charge on any atom is 0.219 e. The van der Waals surface area contributed by atoms with Crippen LogP contribution >= 0.6 is 0 Å². The molecule has 0 aliphatic carbocycles. The second kappa shape index (κ2) is 8.39. The summed E-state index contributed by atoms with van der Waals surface area (Å²) in [6.45, 7) is 4.57. The summed E-state index contributed by atoms with van der Waals surface area (Å²) in [6.07, 6.45) is 2.90. The number of nitrogens with zero attached hydrogens (tertiary/aromatic N) is 1. The van der Waals surface area contributed by atoms with Gasteiger partial charge in [0.1, 0.15) is 5.75 Å². The number of benzene rings is 1. The van der Waals surface area contributed by atoms with Crippen molar-refractivity contribution < 1.29 is 9.47 Å². The quantitative estimate of drug-likeness (QED) is 0.754. The zero-order valence-corrected chi connectivity index (χ0v) is 12.6. The predicted octanol–water partition coefficient (Wildman–Crippen LogP) is 3.52. The lowest BCUT2D eigenvalue weighted by atomic mass is 10.2. The normalized spacial score (nSPS) is 10.6. The molecule has 0 radical (unpaired) electrons. The molecular weight excluding hydrogens is 264 g/mol. The third-order valence-corrected chi connectivity index (χ3v) is 2.99. The van der Waals surface area contributed by atoms with E-state index >= 15 is 0 Å². The number of rotatable bonds is 8. The zero-order valence-electron chi connectivity index (χ0n) is 12.6. The monoisotopic (exact) mass is 286 g/mol. The summed E-state index contributed by atoms with van der Waals surface area (Å²) in [5.74, 6) is 1.39. The van der Waals surface area contributed by atoms with Crippen molar-refractivity contribution in [3.63, 3.8) is 0 Å². The summed E-state index contributed by atoms with van der Waals surface area (Å²) in [5, 5.41) is 3.37. The first-order valence-corrected chi connectivity index (χ1v) is 7.23. The molecule has 1 aromatic carbocycles. The minimum Gasteiger partial charge on any atom is -0.439 e. The molecule has 0 aliphatic heterocycles. The second-order valence-corrected chi connectivity index (χ2v) is 4.86. The fourth-order valence-corrected chi connectivity index (χ4v) is 2.01. The lowest BCUT2D eigenvalue weighted by molar-refractivity contribution is 0.184. The standard InChI is InChI=1S/C17H22N2O2/c1-3-8-18-12-14-7-9-19-17(11-14)21-16-6-4-5-15(10-16)13-20-2/h4-7,9-11,18H,3,8,12-13H2,1-2H3. The van der Waals surface area contributed by atoms with Gasteiger partial charge in [0.15, 0.2) is 0 Å². The third kappa shape index (κ3) is 5.17. The number of aromatic nitrogens is 1. The third-order valence-electron chi connectivity index (χ3n) is 2.99. The van der Waals surface area contributed by atoms with Crippen molar-refractivity contribution in [2.75, 3.05) is 13.7 Å². The Morgan fingerprint density at radius 1 is 1.14 bits per heavy atom. The molecule has 4 nitrogen and oxygen atoms in total. The Labute approximate surface area is 126 Å². The molecule has 0 fully saturated rings. The van der Waals surface area contributed by atoms with Gasteiger partial charge in [0.05, 0.1) is 6.61 Å². The zero-order chi connectivity index (χ0) is 14.9. The Hall–Kier alpha value is -1.91. The summed E-state index contributed by atoms with van der Waals surface area (Å²) in [6, 6.07) is 11.8. The van der Waals surface area contributed by atoms with Crippen molar-refractivity contribution in [2.45, 2.75) is 26.5 Å². The van der Waals surface area contributed by atoms with Gasteiger partial charge in [-0.3, -0.25) is 0 Å². The average molecular weight is 286 g/mol. The van der Waals surface area contributed by atoms with Gasteiger partial charge in [-0.05, 0) is 42.3 Å². The van der Waals surface area contributed by atoms with Crippen LogP contribution in [0.25, 0.3) is 0 Å². The molecule has 0 aliphatic rings. The molecule has 1 aromatic heterocycles. The highest BCUT2D eigenvalue weighted by Gasteiger charge is 2.02. The molecule has 2 aromatic rings. The Bertz CT molecular complexity index is 558. The van der Waals surface area contributed by atoms with E-state index in [0.29, 0.717) is 12.5 Å². The highest BCUT2D eigenvalue weighted by molar-refractivity contribution is 5.32. The van der Waals surface area contributed by atoms with E-state index in [9.17, 15) is 0 Å². The topological polar surface area (TPSA) is 43.4 Å². The number of hydrogen-bond donors (Lipinski definition) is 1. The van der Waals surface area contributed by atoms with Crippen LogP contribution in [-0.2, 0) is 17.9 Å². The van der Waals surface area contributed by atoms with E-state index in [1.807, 2.05) is 36.4 Å². The van der Waals surface area contributed by atoms with Gasteiger partial charge in [-0.25, -0.2) is 4.98 Å². The first-order valence-electron chi connectivity index (χ1n) is 7.23. The molecule has 0 unspecified atom stereocenters. The molecule has 2 rings (SSSR count). The number of hydrogen-bond acceptors (Lipinski definition) is 4. The van der Waals surface area contributed by atoms with Crippen LogP contribution in [0.3, 0.4) is 0 Å². The second-order valence-electron chi connectivity index (χ2n) is 4.86. The maximum absolute atomic E-state index is 5.82. The smallest absolute Gasteiger partial charge is 0.219 e.